The Labute approximate surface area is 284 Å². The fourth-order valence-corrected chi connectivity index (χ4v) is 7.41. The van der Waals surface area contributed by atoms with Crippen molar-refractivity contribution in [1.82, 2.24) is 10.6 Å². The molecule has 0 aliphatic carbocycles. The Morgan fingerprint density at radius 3 is 2.06 bits per heavy atom. The van der Waals surface area contributed by atoms with Crippen molar-refractivity contribution in [2.24, 2.45) is 5.73 Å². The van der Waals surface area contributed by atoms with E-state index in [0.717, 1.165) is 44.2 Å². The van der Waals surface area contributed by atoms with Crippen LogP contribution < -0.4 is 16.4 Å². The summed E-state index contributed by atoms with van der Waals surface area (Å²) in [5.41, 5.74) is 14.3. The van der Waals surface area contributed by atoms with Gasteiger partial charge in [-0.1, -0.05) is 140 Å². The van der Waals surface area contributed by atoms with Crippen molar-refractivity contribution in [1.29, 1.82) is 0 Å². The Kier molecular flexibility index (Phi) is 7.40. The number of benzene rings is 8. The van der Waals surface area contributed by atoms with Gasteiger partial charge in [-0.15, -0.1) is 0 Å². The number of rotatable bonds is 8. The summed E-state index contributed by atoms with van der Waals surface area (Å²) >= 11 is 0. The zero-order chi connectivity index (χ0) is 32.7. The van der Waals surface area contributed by atoms with Gasteiger partial charge in [0.15, 0.2) is 0 Å². The first-order chi connectivity index (χ1) is 24.2. The standard InChI is InChI=1S/C45H35N3O/c46-44(30-13-2-1-3-14-30)48-45(39-20-9-8-17-34(39)32-23-25-38-37-19-10-11-21-42(37)49-43(38)27-32)47-28-41-35-18-7-5-15-31(35)26-40-33-16-6-4-12-29(33)22-24-36(40)41/h1-27,44-45,47-48H,28,46H2. The maximum Gasteiger partial charge on any atom is 0.136 e. The third-order valence-corrected chi connectivity index (χ3v) is 9.83. The summed E-state index contributed by atoms with van der Waals surface area (Å²) in [5, 5.41) is 17.4. The van der Waals surface area contributed by atoms with Crippen LogP contribution in [-0.4, -0.2) is 0 Å². The zero-order valence-corrected chi connectivity index (χ0v) is 26.9. The van der Waals surface area contributed by atoms with Crippen molar-refractivity contribution in [2.45, 2.75) is 18.9 Å². The van der Waals surface area contributed by atoms with E-state index in [1.54, 1.807) is 0 Å². The summed E-state index contributed by atoms with van der Waals surface area (Å²) in [5.74, 6) is 0. The smallest absolute Gasteiger partial charge is 0.136 e. The van der Waals surface area contributed by atoms with Crippen LogP contribution in [-0.2, 0) is 6.54 Å². The molecule has 0 aliphatic heterocycles. The molecule has 49 heavy (non-hydrogen) atoms. The van der Waals surface area contributed by atoms with Crippen LogP contribution in [0.4, 0.5) is 0 Å². The fraction of sp³-hybridized carbons (Fsp3) is 0.0667. The number of furan rings is 1. The summed E-state index contributed by atoms with van der Waals surface area (Å²) in [7, 11) is 0. The monoisotopic (exact) mass is 633 g/mol. The lowest BCUT2D eigenvalue weighted by Crippen LogP contribution is -2.40. The Morgan fingerprint density at radius 1 is 0.510 bits per heavy atom. The second-order valence-electron chi connectivity index (χ2n) is 12.7. The number of nitrogens with two attached hydrogens (primary N) is 1. The maximum atomic E-state index is 6.89. The molecule has 0 spiro atoms. The molecule has 2 unspecified atom stereocenters. The molecule has 2 atom stereocenters. The molecule has 0 fully saturated rings. The van der Waals surface area contributed by atoms with Gasteiger partial charge in [-0.2, -0.15) is 0 Å². The molecule has 4 N–H and O–H groups in total. The lowest BCUT2D eigenvalue weighted by molar-refractivity contribution is 0.387. The summed E-state index contributed by atoms with van der Waals surface area (Å²) in [6, 6.07) is 57.7. The molecule has 0 saturated carbocycles. The number of hydrogen-bond acceptors (Lipinski definition) is 4. The average molecular weight is 634 g/mol. The van der Waals surface area contributed by atoms with Gasteiger partial charge in [0.25, 0.3) is 0 Å². The van der Waals surface area contributed by atoms with Gasteiger partial charge in [0.2, 0.25) is 0 Å². The van der Waals surface area contributed by atoms with Crippen molar-refractivity contribution in [3.8, 4) is 11.1 Å². The predicted octanol–water partition coefficient (Wildman–Crippen LogP) is 10.7. The average Bonchev–Trinajstić information content (AvgIpc) is 3.54. The molecule has 0 amide bonds. The van der Waals surface area contributed by atoms with E-state index in [-0.39, 0.29) is 6.17 Å². The van der Waals surface area contributed by atoms with E-state index in [4.69, 9.17) is 10.2 Å². The third kappa shape index (κ3) is 5.33. The molecular formula is C45H35N3O. The number of fused-ring (bicyclic) bond motifs is 7. The van der Waals surface area contributed by atoms with Gasteiger partial charge in [0.1, 0.15) is 11.2 Å². The Bertz CT molecular complexity index is 2620. The van der Waals surface area contributed by atoms with Crippen LogP contribution in [0, 0.1) is 0 Å². The SMILES string of the molecule is NC(NC(NCc1c2ccccc2cc2c1ccc1ccccc12)c1ccccc1-c1ccc2c(c1)oc1ccccc12)c1ccccc1. The van der Waals surface area contributed by atoms with Crippen molar-refractivity contribution < 1.29 is 4.42 Å². The van der Waals surface area contributed by atoms with Crippen LogP contribution >= 0.6 is 0 Å². The van der Waals surface area contributed by atoms with Crippen LogP contribution in [0.2, 0.25) is 0 Å². The van der Waals surface area contributed by atoms with Gasteiger partial charge >= 0.3 is 0 Å². The lowest BCUT2D eigenvalue weighted by Gasteiger charge is -2.28. The molecule has 1 heterocycles. The molecule has 0 aliphatic rings. The van der Waals surface area contributed by atoms with E-state index in [1.165, 1.54) is 37.9 Å². The molecular weight excluding hydrogens is 599 g/mol. The van der Waals surface area contributed by atoms with Crippen molar-refractivity contribution >= 4 is 54.3 Å². The van der Waals surface area contributed by atoms with E-state index in [2.05, 4.69) is 144 Å². The Hall–Kier alpha value is -5.78. The minimum atomic E-state index is -0.391. The minimum Gasteiger partial charge on any atom is -0.456 e. The van der Waals surface area contributed by atoms with Crippen molar-refractivity contribution in [3.05, 3.63) is 180 Å². The van der Waals surface area contributed by atoms with Crippen LogP contribution in [0.25, 0.3) is 65.4 Å². The molecule has 9 rings (SSSR count). The van der Waals surface area contributed by atoms with Gasteiger partial charge in [-0.05, 0) is 84.4 Å². The number of nitrogens with one attached hydrogen (secondary N) is 2. The van der Waals surface area contributed by atoms with Gasteiger partial charge in [-0.3, -0.25) is 10.6 Å². The lowest BCUT2D eigenvalue weighted by atomic mass is 9.93. The van der Waals surface area contributed by atoms with E-state index >= 15 is 0 Å². The Balaban J connectivity index is 1.16. The molecule has 0 bridgehead atoms. The second kappa shape index (κ2) is 12.3. The summed E-state index contributed by atoms with van der Waals surface area (Å²) in [4.78, 5) is 0. The normalized spacial score (nSPS) is 13.1. The first-order valence-electron chi connectivity index (χ1n) is 16.8. The molecule has 236 valence electrons. The molecule has 0 radical (unpaired) electrons. The molecule has 9 aromatic rings. The van der Waals surface area contributed by atoms with Crippen LogP contribution in [0.5, 0.6) is 0 Å². The van der Waals surface area contributed by atoms with Gasteiger partial charge < -0.3 is 10.2 Å². The van der Waals surface area contributed by atoms with Crippen LogP contribution in [0.3, 0.4) is 0 Å². The molecule has 8 aromatic carbocycles. The van der Waals surface area contributed by atoms with E-state index in [9.17, 15) is 0 Å². The highest BCUT2D eigenvalue weighted by molar-refractivity contribution is 6.14. The zero-order valence-electron chi connectivity index (χ0n) is 26.9. The Morgan fingerprint density at radius 2 is 1.18 bits per heavy atom. The molecule has 1 aromatic heterocycles. The molecule has 4 nitrogen and oxygen atoms in total. The van der Waals surface area contributed by atoms with Gasteiger partial charge in [0.05, 0.1) is 12.3 Å². The second-order valence-corrected chi connectivity index (χ2v) is 12.7. The quantitative estimate of drug-likeness (QED) is 0.0885. The summed E-state index contributed by atoms with van der Waals surface area (Å²) in [6.45, 7) is 0.631. The third-order valence-electron chi connectivity index (χ3n) is 9.83. The van der Waals surface area contributed by atoms with E-state index in [0.29, 0.717) is 6.54 Å². The van der Waals surface area contributed by atoms with E-state index < -0.39 is 6.17 Å². The first kappa shape index (κ1) is 29.4. The summed E-state index contributed by atoms with van der Waals surface area (Å²) < 4.78 is 6.30. The topological polar surface area (TPSA) is 63.2 Å². The van der Waals surface area contributed by atoms with Crippen molar-refractivity contribution in [2.75, 3.05) is 0 Å². The predicted molar refractivity (Wildman–Crippen MR) is 204 cm³/mol. The maximum absolute atomic E-state index is 6.89. The van der Waals surface area contributed by atoms with Gasteiger partial charge in [0, 0.05) is 17.3 Å². The van der Waals surface area contributed by atoms with Gasteiger partial charge in [-0.25, -0.2) is 0 Å². The van der Waals surface area contributed by atoms with Crippen molar-refractivity contribution in [3.63, 3.8) is 0 Å². The van der Waals surface area contributed by atoms with Crippen LogP contribution in [0.1, 0.15) is 29.0 Å². The molecule has 4 heteroatoms. The summed E-state index contributed by atoms with van der Waals surface area (Å²) in [6.07, 6.45) is -0.662. The highest BCUT2D eigenvalue weighted by atomic mass is 16.3. The largest absolute Gasteiger partial charge is 0.456 e. The molecule has 0 saturated heterocycles. The fourth-order valence-electron chi connectivity index (χ4n) is 7.41. The number of para-hydroxylation sites is 1. The highest BCUT2D eigenvalue weighted by Gasteiger charge is 2.21. The minimum absolute atomic E-state index is 0.271. The number of hydrogen-bond donors (Lipinski definition) is 3. The van der Waals surface area contributed by atoms with E-state index in [1.807, 2.05) is 30.3 Å². The first-order valence-corrected chi connectivity index (χ1v) is 16.8. The van der Waals surface area contributed by atoms with Crippen LogP contribution in [0.15, 0.2) is 168 Å². The highest BCUT2D eigenvalue weighted by Crippen LogP contribution is 2.36.